The summed E-state index contributed by atoms with van der Waals surface area (Å²) in [5.41, 5.74) is 2.01. The zero-order valence-corrected chi connectivity index (χ0v) is 13.8. The Bertz CT molecular complexity index is 470. The number of rotatable bonds is 4. The normalized spacial score (nSPS) is 20.4. The molecule has 1 aliphatic rings. The molecule has 2 unspecified atom stereocenters. The van der Waals surface area contributed by atoms with E-state index in [1.165, 1.54) is 12.8 Å². The van der Waals surface area contributed by atoms with E-state index in [0.717, 1.165) is 28.8 Å². The smallest absolute Gasteiger partial charge is 0.224 e. The van der Waals surface area contributed by atoms with Crippen molar-refractivity contribution >= 4 is 27.5 Å². The van der Waals surface area contributed by atoms with Gasteiger partial charge in [-0.05, 0) is 68.5 Å². The Labute approximate surface area is 129 Å². The molecule has 1 aliphatic heterocycles. The summed E-state index contributed by atoms with van der Waals surface area (Å²) in [7, 11) is 0. The summed E-state index contributed by atoms with van der Waals surface area (Å²) < 4.78 is 1.07. The van der Waals surface area contributed by atoms with E-state index in [2.05, 4.69) is 33.5 Å². The Balaban J connectivity index is 1.86. The van der Waals surface area contributed by atoms with Gasteiger partial charge in [-0.2, -0.15) is 0 Å². The molecule has 0 saturated carbocycles. The molecule has 110 valence electrons. The molecule has 0 radical (unpaired) electrons. The van der Waals surface area contributed by atoms with E-state index in [-0.39, 0.29) is 5.91 Å². The van der Waals surface area contributed by atoms with Crippen molar-refractivity contribution in [3.05, 3.63) is 28.2 Å². The highest BCUT2D eigenvalue weighted by atomic mass is 79.9. The van der Waals surface area contributed by atoms with Crippen LogP contribution in [-0.2, 0) is 4.79 Å². The third-order valence-corrected chi connectivity index (χ3v) is 4.98. The summed E-state index contributed by atoms with van der Waals surface area (Å²) in [6, 6.07) is 5.90. The average molecular weight is 339 g/mol. The van der Waals surface area contributed by atoms with Crippen molar-refractivity contribution in [1.29, 1.82) is 0 Å². The number of carbonyl (C=O) groups excluding carboxylic acids is 1. The number of carbonyl (C=O) groups is 1. The highest BCUT2D eigenvalue weighted by Crippen LogP contribution is 2.24. The molecule has 0 aliphatic carbocycles. The number of hydrogen-bond donors (Lipinski definition) is 2. The molecule has 2 atom stereocenters. The van der Waals surface area contributed by atoms with Gasteiger partial charge < -0.3 is 10.6 Å². The summed E-state index contributed by atoms with van der Waals surface area (Å²) in [6.07, 6.45) is 3.06. The largest absolute Gasteiger partial charge is 0.326 e. The van der Waals surface area contributed by atoms with Crippen LogP contribution in [0.15, 0.2) is 22.7 Å². The van der Waals surface area contributed by atoms with E-state index < -0.39 is 0 Å². The van der Waals surface area contributed by atoms with Gasteiger partial charge in [0.1, 0.15) is 0 Å². The fraction of sp³-hybridized carbons (Fsp3) is 0.562. The molecule has 2 rings (SSSR count). The maximum atomic E-state index is 12.1. The van der Waals surface area contributed by atoms with Crippen LogP contribution in [0.3, 0.4) is 0 Å². The molecule has 0 bridgehead atoms. The number of aryl methyl sites for hydroxylation is 1. The maximum absolute atomic E-state index is 12.1. The van der Waals surface area contributed by atoms with Crippen LogP contribution in [0.4, 0.5) is 5.69 Å². The van der Waals surface area contributed by atoms with E-state index in [1.54, 1.807) is 0 Å². The fourth-order valence-corrected chi connectivity index (χ4v) is 3.00. The second-order valence-corrected chi connectivity index (χ2v) is 6.65. The number of halogens is 1. The predicted molar refractivity (Wildman–Crippen MR) is 86.9 cm³/mol. The van der Waals surface area contributed by atoms with Gasteiger partial charge in [0, 0.05) is 16.6 Å². The minimum absolute atomic E-state index is 0.116. The van der Waals surface area contributed by atoms with Gasteiger partial charge in [0.25, 0.3) is 0 Å². The van der Waals surface area contributed by atoms with E-state index in [9.17, 15) is 4.79 Å². The molecule has 1 aromatic rings. The molecule has 2 N–H and O–H groups in total. The fourth-order valence-electron chi connectivity index (χ4n) is 2.76. The predicted octanol–water partition coefficient (Wildman–Crippen LogP) is 3.72. The Hall–Kier alpha value is -0.870. The van der Waals surface area contributed by atoms with Gasteiger partial charge in [0.2, 0.25) is 5.91 Å². The van der Waals surface area contributed by atoms with Crippen LogP contribution in [0.1, 0.15) is 31.7 Å². The molecular formula is C16H23BrN2O. The van der Waals surface area contributed by atoms with Crippen molar-refractivity contribution in [2.24, 2.45) is 11.8 Å². The third kappa shape index (κ3) is 4.32. The van der Waals surface area contributed by atoms with Crippen LogP contribution in [0, 0.1) is 18.8 Å². The molecule has 20 heavy (non-hydrogen) atoms. The SMILES string of the molecule is Cc1cc(NC(=O)CC(C)C2CCCNC2)ccc1Br. The third-order valence-electron chi connectivity index (χ3n) is 4.09. The van der Waals surface area contributed by atoms with Crippen molar-refractivity contribution in [1.82, 2.24) is 5.32 Å². The van der Waals surface area contributed by atoms with E-state index in [1.807, 2.05) is 25.1 Å². The standard InChI is InChI=1S/C16H23BrN2O/c1-11(13-4-3-7-18-10-13)9-16(20)19-14-5-6-15(17)12(2)8-14/h5-6,8,11,13,18H,3-4,7,9-10H2,1-2H3,(H,19,20). The first-order valence-corrected chi connectivity index (χ1v) is 8.12. The molecule has 1 aromatic carbocycles. The molecule has 1 fully saturated rings. The Morgan fingerprint density at radius 1 is 1.55 bits per heavy atom. The highest BCUT2D eigenvalue weighted by Gasteiger charge is 2.22. The van der Waals surface area contributed by atoms with Crippen LogP contribution in [0.25, 0.3) is 0 Å². The maximum Gasteiger partial charge on any atom is 0.224 e. The van der Waals surface area contributed by atoms with Crippen molar-refractivity contribution in [3.63, 3.8) is 0 Å². The zero-order chi connectivity index (χ0) is 14.5. The van der Waals surface area contributed by atoms with Crippen LogP contribution < -0.4 is 10.6 Å². The van der Waals surface area contributed by atoms with Crippen LogP contribution in [-0.4, -0.2) is 19.0 Å². The van der Waals surface area contributed by atoms with Gasteiger partial charge in [-0.1, -0.05) is 22.9 Å². The van der Waals surface area contributed by atoms with E-state index in [4.69, 9.17) is 0 Å². The van der Waals surface area contributed by atoms with Gasteiger partial charge in [0.15, 0.2) is 0 Å². The van der Waals surface area contributed by atoms with Gasteiger partial charge in [-0.25, -0.2) is 0 Å². The molecular weight excluding hydrogens is 316 g/mol. The molecule has 1 saturated heterocycles. The van der Waals surface area contributed by atoms with Crippen molar-refractivity contribution in [2.45, 2.75) is 33.1 Å². The zero-order valence-electron chi connectivity index (χ0n) is 12.2. The van der Waals surface area contributed by atoms with E-state index >= 15 is 0 Å². The van der Waals surface area contributed by atoms with Crippen molar-refractivity contribution in [2.75, 3.05) is 18.4 Å². The second kappa shape index (κ2) is 7.23. The lowest BCUT2D eigenvalue weighted by Gasteiger charge is -2.28. The van der Waals surface area contributed by atoms with Gasteiger partial charge in [0.05, 0.1) is 0 Å². The van der Waals surface area contributed by atoms with Gasteiger partial charge in [-0.15, -0.1) is 0 Å². The minimum Gasteiger partial charge on any atom is -0.326 e. The molecule has 3 nitrogen and oxygen atoms in total. The number of nitrogens with one attached hydrogen (secondary N) is 2. The first-order chi connectivity index (χ1) is 9.56. The monoisotopic (exact) mass is 338 g/mol. The first-order valence-electron chi connectivity index (χ1n) is 7.33. The number of amides is 1. The Morgan fingerprint density at radius 3 is 3.00 bits per heavy atom. The first kappa shape index (κ1) is 15.5. The second-order valence-electron chi connectivity index (χ2n) is 5.80. The van der Waals surface area contributed by atoms with E-state index in [0.29, 0.717) is 18.3 Å². The average Bonchev–Trinajstić information content (AvgIpc) is 2.44. The molecule has 0 spiro atoms. The van der Waals surface area contributed by atoms with Crippen LogP contribution in [0.5, 0.6) is 0 Å². The molecule has 4 heteroatoms. The summed E-state index contributed by atoms with van der Waals surface area (Å²) in [5.74, 6) is 1.17. The molecule has 1 amide bonds. The lowest BCUT2D eigenvalue weighted by molar-refractivity contribution is -0.117. The van der Waals surface area contributed by atoms with Crippen molar-refractivity contribution < 1.29 is 4.79 Å². The Kier molecular flexibility index (Phi) is 5.61. The number of piperidine rings is 1. The topological polar surface area (TPSA) is 41.1 Å². The van der Waals surface area contributed by atoms with Crippen molar-refractivity contribution in [3.8, 4) is 0 Å². The number of hydrogen-bond acceptors (Lipinski definition) is 2. The quantitative estimate of drug-likeness (QED) is 0.878. The Morgan fingerprint density at radius 2 is 2.35 bits per heavy atom. The summed E-state index contributed by atoms with van der Waals surface area (Å²) >= 11 is 3.47. The van der Waals surface area contributed by atoms with Gasteiger partial charge in [-0.3, -0.25) is 4.79 Å². The highest BCUT2D eigenvalue weighted by molar-refractivity contribution is 9.10. The molecule has 1 heterocycles. The number of benzene rings is 1. The van der Waals surface area contributed by atoms with Crippen LogP contribution in [0.2, 0.25) is 0 Å². The summed E-state index contributed by atoms with van der Waals surface area (Å²) in [5, 5.41) is 6.42. The lowest BCUT2D eigenvalue weighted by atomic mass is 9.85. The summed E-state index contributed by atoms with van der Waals surface area (Å²) in [4.78, 5) is 12.1. The number of anilines is 1. The minimum atomic E-state index is 0.116. The van der Waals surface area contributed by atoms with Gasteiger partial charge >= 0.3 is 0 Å². The lowest BCUT2D eigenvalue weighted by Crippen LogP contribution is -2.34. The van der Waals surface area contributed by atoms with Crippen LogP contribution >= 0.6 is 15.9 Å². The summed E-state index contributed by atoms with van der Waals surface area (Å²) in [6.45, 7) is 6.37. The molecule has 0 aromatic heterocycles.